The zero-order valence-corrected chi connectivity index (χ0v) is 16.3. The third-order valence-corrected chi connectivity index (χ3v) is 4.42. The summed E-state index contributed by atoms with van der Waals surface area (Å²) in [4.78, 5) is 29.0. The largest absolute Gasteiger partial charge is 0.382 e. The van der Waals surface area contributed by atoms with Crippen LogP contribution in [0.15, 0.2) is 54.9 Å². The lowest BCUT2D eigenvalue weighted by molar-refractivity contribution is 0.0953. The molecule has 0 fully saturated rings. The number of nitrogens with one attached hydrogen (secondary N) is 2. The average Bonchev–Trinajstić information content (AvgIpc) is 3.17. The van der Waals surface area contributed by atoms with Gasteiger partial charge in [0.25, 0.3) is 11.8 Å². The molecule has 2 amide bonds. The Labute approximate surface area is 168 Å². The van der Waals surface area contributed by atoms with Gasteiger partial charge in [-0.25, -0.2) is 4.98 Å². The van der Waals surface area contributed by atoms with Crippen LogP contribution in [0.1, 0.15) is 43.8 Å². The highest BCUT2D eigenvalue weighted by Crippen LogP contribution is 2.21. The van der Waals surface area contributed by atoms with Gasteiger partial charge in [0.2, 0.25) is 0 Å². The van der Waals surface area contributed by atoms with Crippen LogP contribution in [0.25, 0.3) is 0 Å². The van der Waals surface area contributed by atoms with Gasteiger partial charge in [-0.05, 0) is 29.7 Å². The van der Waals surface area contributed by atoms with Crippen molar-refractivity contribution in [1.29, 1.82) is 0 Å². The summed E-state index contributed by atoms with van der Waals surface area (Å²) in [6, 6.07) is 11.9. The highest BCUT2D eigenvalue weighted by atomic mass is 16.3. The van der Waals surface area contributed by atoms with Crippen LogP contribution in [-0.2, 0) is 13.5 Å². The first-order chi connectivity index (χ1) is 14.0. The standard InChI is InChI=1S/C21H23N5O3/c1-22-21(29)18-11-16(20(28)23-9-8-14-12-24-26(2)13-14)10-17(25-18)19(27)15-6-4-3-5-7-15/h3-7,10-13,19,27H,8-9H2,1-2H3,(H,22,29)(H,23,28)/t19-/m0/s1. The molecule has 3 aromatic rings. The number of benzene rings is 1. The number of hydrogen-bond acceptors (Lipinski definition) is 5. The van der Waals surface area contributed by atoms with Gasteiger partial charge in [0.1, 0.15) is 11.8 Å². The monoisotopic (exact) mass is 393 g/mol. The van der Waals surface area contributed by atoms with Crippen LogP contribution in [0.5, 0.6) is 0 Å². The number of aliphatic hydroxyl groups excluding tert-OH is 1. The first-order valence-electron chi connectivity index (χ1n) is 9.20. The van der Waals surface area contributed by atoms with Crippen LogP contribution in [0.2, 0.25) is 0 Å². The van der Waals surface area contributed by atoms with Crippen molar-refractivity contribution in [3.05, 3.63) is 82.9 Å². The molecular formula is C21H23N5O3. The molecule has 0 saturated heterocycles. The summed E-state index contributed by atoms with van der Waals surface area (Å²) in [5.41, 5.74) is 2.19. The Morgan fingerprint density at radius 2 is 1.93 bits per heavy atom. The van der Waals surface area contributed by atoms with Gasteiger partial charge >= 0.3 is 0 Å². The molecule has 0 radical (unpaired) electrons. The summed E-state index contributed by atoms with van der Waals surface area (Å²) >= 11 is 0. The van der Waals surface area contributed by atoms with Gasteiger partial charge in [0.05, 0.1) is 11.9 Å². The van der Waals surface area contributed by atoms with Crippen LogP contribution in [-0.4, -0.2) is 45.3 Å². The van der Waals surface area contributed by atoms with E-state index in [0.717, 1.165) is 5.56 Å². The first kappa shape index (κ1) is 20.2. The highest BCUT2D eigenvalue weighted by molar-refractivity contribution is 5.98. The number of rotatable bonds is 7. The summed E-state index contributed by atoms with van der Waals surface area (Å²) in [6.07, 6.45) is 3.21. The van der Waals surface area contributed by atoms with Crippen molar-refractivity contribution in [2.24, 2.45) is 7.05 Å². The highest BCUT2D eigenvalue weighted by Gasteiger charge is 2.19. The van der Waals surface area contributed by atoms with Gasteiger partial charge in [-0.2, -0.15) is 5.10 Å². The molecule has 1 atom stereocenters. The number of aromatic nitrogens is 3. The molecule has 0 unspecified atom stereocenters. The summed E-state index contributed by atoms with van der Waals surface area (Å²) in [5.74, 6) is -0.778. The third-order valence-electron chi connectivity index (χ3n) is 4.42. The maximum absolute atomic E-state index is 12.6. The van der Waals surface area contributed by atoms with E-state index in [1.54, 1.807) is 35.1 Å². The number of amides is 2. The van der Waals surface area contributed by atoms with Crippen LogP contribution in [0.4, 0.5) is 0 Å². The summed E-state index contributed by atoms with van der Waals surface area (Å²) in [5, 5.41) is 20.1. The first-order valence-corrected chi connectivity index (χ1v) is 9.20. The fraction of sp³-hybridized carbons (Fsp3) is 0.238. The zero-order valence-electron chi connectivity index (χ0n) is 16.3. The molecule has 0 saturated carbocycles. The summed E-state index contributed by atoms with van der Waals surface area (Å²) < 4.78 is 1.70. The number of carbonyl (C=O) groups excluding carboxylic acids is 2. The SMILES string of the molecule is CNC(=O)c1cc(C(=O)NCCc2cnn(C)c2)cc([C@@H](O)c2ccccc2)n1. The molecule has 3 N–H and O–H groups in total. The maximum Gasteiger partial charge on any atom is 0.269 e. The van der Waals surface area contributed by atoms with E-state index in [1.165, 1.54) is 19.2 Å². The molecule has 0 aliphatic carbocycles. The Hall–Kier alpha value is -3.52. The van der Waals surface area contributed by atoms with E-state index in [1.807, 2.05) is 19.3 Å². The Morgan fingerprint density at radius 1 is 1.17 bits per heavy atom. The minimum atomic E-state index is -1.05. The van der Waals surface area contributed by atoms with Gasteiger partial charge in [-0.3, -0.25) is 14.3 Å². The second-order valence-corrected chi connectivity index (χ2v) is 6.59. The molecule has 2 aromatic heterocycles. The molecular weight excluding hydrogens is 370 g/mol. The van der Waals surface area contributed by atoms with E-state index in [4.69, 9.17) is 0 Å². The molecule has 0 aliphatic rings. The average molecular weight is 393 g/mol. The van der Waals surface area contributed by atoms with E-state index in [2.05, 4.69) is 20.7 Å². The molecule has 1 aromatic carbocycles. The van der Waals surface area contributed by atoms with Crippen molar-refractivity contribution in [1.82, 2.24) is 25.4 Å². The van der Waals surface area contributed by atoms with Crippen molar-refractivity contribution in [2.75, 3.05) is 13.6 Å². The van der Waals surface area contributed by atoms with Gasteiger partial charge in [0.15, 0.2) is 0 Å². The van der Waals surface area contributed by atoms with E-state index < -0.39 is 12.0 Å². The smallest absolute Gasteiger partial charge is 0.269 e. The van der Waals surface area contributed by atoms with Gasteiger partial charge < -0.3 is 15.7 Å². The van der Waals surface area contributed by atoms with E-state index in [0.29, 0.717) is 18.5 Å². The van der Waals surface area contributed by atoms with Crippen molar-refractivity contribution < 1.29 is 14.7 Å². The van der Waals surface area contributed by atoms with Crippen LogP contribution < -0.4 is 10.6 Å². The fourth-order valence-electron chi connectivity index (χ4n) is 2.90. The topological polar surface area (TPSA) is 109 Å². The number of hydrogen-bond donors (Lipinski definition) is 3. The molecule has 3 rings (SSSR count). The Kier molecular flexibility index (Phi) is 6.36. The molecule has 0 aliphatic heterocycles. The van der Waals surface area contributed by atoms with Gasteiger partial charge in [-0.1, -0.05) is 30.3 Å². The van der Waals surface area contributed by atoms with Crippen molar-refractivity contribution in [3.8, 4) is 0 Å². The quantitative estimate of drug-likeness (QED) is 0.559. The maximum atomic E-state index is 12.6. The van der Waals surface area contributed by atoms with E-state index in [9.17, 15) is 14.7 Å². The predicted octanol–water partition coefficient (Wildman–Crippen LogP) is 1.23. The molecule has 8 nitrogen and oxygen atoms in total. The van der Waals surface area contributed by atoms with Gasteiger partial charge in [-0.15, -0.1) is 0 Å². The van der Waals surface area contributed by atoms with Crippen molar-refractivity contribution in [2.45, 2.75) is 12.5 Å². The Morgan fingerprint density at radius 3 is 2.59 bits per heavy atom. The number of aryl methyl sites for hydroxylation is 1. The van der Waals surface area contributed by atoms with E-state index in [-0.39, 0.29) is 22.9 Å². The van der Waals surface area contributed by atoms with Crippen LogP contribution in [0.3, 0.4) is 0 Å². The molecule has 8 heteroatoms. The van der Waals surface area contributed by atoms with Crippen LogP contribution in [0, 0.1) is 0 Å². The lowest BCUT2D eigenvalue weighted by Gasteiger charge is -2.14. The number of nitrogens with zero attached hydrogens (tertiary/aromatic N) is 3. The number of aliphatic hydroxyl groups is 1. The van der Waals surface area contributed by atoms with Gasteiger partial charge in [0, 0.05) is 32.4 Å². The van der Waals surface area contributed by atoms with Crippen molar-refractivity contribution >= 4 is 11.8 Å². The third kappa shape index (κ3) is 5.05. The lowest BCUT2D eigenvalue weighted by Crippen LogP contribution is -2.27. The Balaban J connectivity index is 1.80. The molecule has 0 spiro atoms. The lowest BCUT2D eigenvalue weighted by atomic mass is 10.0. The molecule has 29 heavy (non-hydrogen) atoms. The summed E-state index contributed by atoms with van der Waals surface area (Å²) in [7, 11) is 3.32. The number of carbonyl (C=O) groups is 2. The van der Waals surface area contributed by atoms with E-state index >= 15 is 0 Å². The molecule has 150 valence electrons. The zero-order chi connectivity index (χ0) is 20.8. The van der Waals surface area contributed by atoms with Crippen LogP contribution >= 0.6 is 0 Å². The normalized spacial score (nSPS) is 11.7. The minimum Gasteiger partial charge on any atom is -0.382 e. The number of pyridine rings is 1. The Bertz CT molecular complexity index is 1000. The summed E-state index contributed by atoms with van der Waals surface area (Å²) in [6.45, 7) is 0.415. The predicted molar refractivity (Wildman–Crippen MR) is 107 cm³/mol. The van der Waals surface area contributed by atoms with Crippen molar-refractivity contribution in [3.63, 3.8) is 0 Å². The minimum absolute atomic E-state index is 0.0670. The molecule has 0 bridgehead atoms. The second-order valence-electron chi connectivity index (χ2n) is 6.59. The second kappa shape index (κ2) is 9.11. The fourth-order valence-corrected chi connectivity index (χ4v) is 2.90. The molecule has 2 heterocycles.